The predicted molar refractivity (Wildman–Crippen MR) is 66.7 cm³/mol. The van der Waals surface area contributed by atoms with Gasteiger partial charge in [-0.25, -0.2) is 4.79 Å². The van der Waals surface area contributed by atoms with Gasteiger partial charge in [0.25, 0.3) is 5.78 Å². The molecule has 4 nitrogen and oxygen atoms in total. The maximum Gasteiger partial charge on any atom is 0.417 e. The van der Waals surface area contributed by atoms with Gasteiger partial charge in [-0.05, 0) is 35.0 Å². The lowest BCUT2D eigenvalue weighted by Gasteiger charge is -2.14. The molecule has 0 radical (unpaired) electrons. The Hall–Kier alpha value is -1.57. The fraction of sp³-hybridized carbons (Fsp3) is 0.333. The van der Waals surface area contributed by atoms with Gasteiger partial charge in [0.05, 0.1) is 23.8 Å². The lowest BCUT2D eigenvalue weighted by molar-refractivity contribution is -0.139. The highest BCUT2D eigenvalue weighted by atomic mass is 79.9. The Balaban J connectivity index is 3.41. The first-order valence-electron chi connectivity index (χ1n) is 5.38. The minimum atomic E-state index is -4.80. The van der Waals surface area contributed by atoms with E-state index in [1.807, 2.05) is 0 Å². The number of ketones is 1. The number of methoxy groups -OCH3 is 1. The maximum absolute atomic E-state index is 12.9. The van der Waals surface area contributed by atoms with Gasteiger partial charge in [0.2, 0.25) is 0 Å². The molecule has 0 heterocycles. The lowest BCUT2D eigenvalue weighted by Crippen LogP contribution is -2.22. The van der Waals surface area contributed by atoms with Crippen LogP contribution >= 0.6 is 15.9 Å². The van der Waals surface area contributed by atoms with Crippen molar-refractivity contribution in [3.8, 4) is 5.75 Å². The third-order valence-corrected chi connectivity index (χ3v) is 2.92. The van der Waals surface area contributed by atoms with E-state index in [0.717, 1.165) is 6.07 Å². The predicted octanol–water partition coefficient (Wildman–Crippen LogP) is 3.22. The number of esters is 1. The largest absolute Gasteiger partial charge is 0.496 e. The van der Waals surface area contributed by atoms with Crippen LogP contribution in [-0.2, 0) is 15.7 Å². The summed E-state index contributed by atoms with van der Waals surface area (Å²) >= 11 is 2.97. The minimum Gasteiger partial charge on any atom is -0.496 e. The van der Waals surface area contributed by atoms with Gasteiger partial charge < -0.3 is 9.47 Å². The van der Waals surface area contributed by atoms with Gasteiger partial charge in [-0.1, -0.05) is 0 Å². The smallest absolute Gasteiger partial charge is 0.417 e. The molecule has 0 aliphatic heterocycles. The highest BCUT2D eigenvalue weighted by Crippen LogP contribution is 2.38. The van der Waals surface area contributed by atoms with Crippen LogP contribution in [0, 0.1) is 0 Å². The standard InChI is InChI=1S/C12H10BrF3O4/c1-3-20-11(18)10(17)6-4-8(13)9(19-2)5-7(6)12(14,15)16/h4-5H,3H2,1-2H3. The summed E-state index contributed by atoms with van der Waals surface area (Å²) in [5, 5.41) is 0. The fourth-order valence-corrected chi connectivity index (χ4v) is 1.94. The summed E-state index contributed by atoms with van der Waals surface area (Å²) in [6, 6.07) is 1.54. The molecule has 0 aliphatic rings. The zero-order chi connectivity index (χ0) is 15.5. The molecule has 0 saturated heterocycles. The Bertz CT molecular complexity index is 540. The van der Waals surface area contributed by atoms with Crippen molar-refractivity contribution in [2.45, 2.75) is 13.1 Å². The number of hydrogen-bond acceptors (Lipinski definition) is 4. The monoisotopic (exact) mass is 354 g/mol. The van der Waals surface area contributed by atoms with Crippen LogP contribution in [0.15, 0.2) is 16.6 Å². The molecule has 0 spiro atoms. The van der Waals surface area contributed by atoms with Crippen molar-refractivity contribution in [3.63, 3.8) is 0 Å². The molecule has 0 aliphatic carbocycles. The fourth-order valence-electron chi connectivity index (χ4n) is 1.44. The number of carbonyl (C=O) groups excluding carboxylic acids is 2. The summed E-state index contributed by atoms with van der Waals surface area (Å²) in [5.74, 6) is -2.80. The van der Waals surface area contributed by atoms with Crippen molar-refractivity contribution in [2.75, 3.05) is 13.7 Å². The number of alkyl halides is 3. The zero-order valence-electron chi connectivity index (χ0n) is 10.5. The molecule has 0 aromatic heterocycles. The third kappa shape index (κ3) is 3.50. The zero-order valence-corrected chi connectivity index (χ0v) is 12.1. The molecular formula is C12H10BrF3O4. The van der Waals surface area contributed by atoms with Gasteiger partial charge >= 0.3 is 12.1 Å². The van der Waals surface area contributed by atoms with Crippen molar-refractivity contribution < 1.29 is 32.2 Å². The normalized spacial score (nSPS) is 11.1. The molecule has 0 saturated carbocycles. The topological polar surface area (TPSA) is 52.6 Å². The van der Waals surface area contributed by atoms with Gasteiger partial charge in [-0.2, -0.15) is 13.2 Å². The van der Waals surface area contributed by atoms with Crippen molar-refractivity contribution >= 4 is 27.7 Å². The highest BCUT2D eigenvalue weighted by Gasteiger charge is 2.38. The second-order valence-corrected chi connectivity index (χ2v) is 4.43. The molecule has 0 unspecified atom stereocenters. The number of Topliss-reactive ketones (excluding diaryl/α,β-unsaturated/α-hetero) is 1. The number of benzene rings is 1. The van der Waals surface area contributed by atoms with Crippen molar-refractivity contribution in [1.29, 1.82) is 0 Å². The molecule has 0 atom stereocenters. The van der Waals surface area contributed by atoms with E-state index in [1.54, 1.807) is 0 Å². The van der Waals surface area contributed by atoms with E-state index in [-0.39, 0.29) is 16.8 Å². The number of ether oxygens (including phenoxy) is 2. The average molecular weight is 355 g/mol. The van der Waals surface area contributed by atoms with Crippen LogP contribution in [0.3, 0.4) is 0 Å². The Morgan fingerprint density at radius 2 is 1.90 bits per heavy atom. The van der Waals surface area contributed by atoms with Crippen molar-refractivity contribution in [3.05, 3.63) is 27.7 Å². The van der Waals surface area contributed by atoms with Crippen LogP contribution in [0.2, 0.25) is 0 Å². The summed E-state index contributed by atoms with van der Waals surface area (Å²) in [7, 11) is 1.19. The van der Waals surface area contributed by atoms with Crippen LogP contribution in [0.25, 0.3) is 0 Å². The van der Waals surface area contributed by atoms with Crippen LogP contribution in [0.1, 0.15) is 22.8 Å². The average Bonchev–Trinajstić information content (AvgIpc) is 2.36. The Kier molecular flexibility index (Phi) is 5.15. The summed E-state index contributed by atoms with van der Waals surface area (Å²) in [4.78, 5) is 23.0. The molecule has 0 N–H and O–H groups in total. The lowest BCUT2D eigenvalue weighted by atomic mass is 10.0. The number of halogens is 4. The van der Waals surface area contributed by atoms with E-state index in [4.69, 9.17) is 4.74 Å². The number of carbonyl (C=O) groups is 2. The SMILES string of the molecule is CCOC(=O)C(=O)c1cc(Br)c(OC)cc1C(F)(F)F. The van der Waals surface area contributed by atoms with E-state index in [9.17, 15) is 22.8 Å². The molecule has 1 aromatic carbocycles. The minimum absolute atomic E-state index is 0.0993. The van der Waals surface area contributed by atoms with E-state index >= 15 is 0 Å². The number of rotatable bonds is 4. The maximum atomic E-state index is 12.9. The quantitative estimate of drug-likeness (QED) is 0.473. The second kappa shape index (κ2) is 6.25. The van der Waals surface area contributed by atoms with Crippen molar-refractivity contribution in [2.24, 2.45) is 0 Å². The molecular weight excluding hydrogens is 345 g/mol. The molecule has 1 rings (SSSR count). The van der Waals surface area contributed by atoms with E-state index in [0.29, 0.717) is 6.07 Å². The van der Waals surface area contributed by atoms with Gasteiger partial charge in [0.1, 0.15) is 5.75 Å². The summed E-state index contributed by atoms with van der Waals surface area (Å²) in [6.45, 7) is 1.34. The van der Waals surface area contributed by atoms with Gasteiger partial charge in [-0.3, -0.25) is 4.79 Å². The van der Waals surface area contributed by atoms with Crippen LogP contribution in [-0.4, -0.2) is 25.5 Å². The Morgan fingerprint density at radius 1 is 1.30 bits per heavy atom. The van der Waals surface area contributed by atoms with Crippen molar-refractivity contribution in [1.82, 2.24) is 0 Å². The van der Waals surface area contributed by atoms with Gasteiger partial charge in [0, 0.05) is 5.56 Å². The van der Waals surface area contributed by atoms with E-state index in [2.05, 4.69) is 20.7 Å². The highest BCUT2D eigenvalue weighted by molar-refractivity contribution is 9.10. The molecule has 0 bridgehead atoms. The second-order valence-electron chi connectivity index (χ2n) is 3.58. The first kappa shape index (κ1) is 16.5. The molecule has 110 valence electrons. The third-order valence-electron chi connectivity index (χ3n) is 2.30. The Labute approximate surface area is 121 Å². The van der Waals surface area contributed by atoms with Crippen LogP contribution < -0.4 is 4.74 Å². The van der Waals surface area contributed by atoms with Gasteiger partial charge in [0.15, 0.2) is 0 Å². The first-order chi connectivity index (χ1) is 9.22. The Morgan fingerprint density at radius 3 is 2.35 bits per heavy atom. The van der Waals surface area contributed by atoms with E-state index < -0.39 is 29.1 Å². The van der Waals surface area contributed by atoms with Gasteiger partial charge in [-0.15, -0.1) is 0 Å². The van der Waals surface area contributed by atoms with Crippen LogP contribution in [0.4, 0.5) is 13.2 Å². The molecule has 20 heavy (non-hydrogen) atoms. The molecule has 0 fully saturated rings. The molecule has 8 heteroatoms. The van der Waals surface area contributed by atoms with E-state index in [1.165, 1.54) is 14.0 Å². The van der Waals surface area contributed by atoms with Crippen LogP contribution in [0.5, 0.6) is 5.75 Å². The summed E-state index contributed by atoms with van der Waals surface area (Å²) in [6.07, 6.45) is -4.80. The molecule has 0 amide bonds. The first-order valence-corrected chi connectivity index (χ1v) is 6.17. The summed E-state index contributed by atoms with van der Waals surface area (Å²) in [5.41, 5.74) is -2.04. The number of hydrogen-bond donors (Lipinski definition) is 0. The summed E-state index contributed by atoms with van der Waals surface area (Å²) < 4.78 is 48.1. The molecule has 1 aromatic rings.